The van der Waals surface area contributed by atoms with Crippen molar-refractivity contribution in [3.63, 3.8) is 0 Å². The smallest absolute Gasteiger partial charge is 0.120 e. The molecule has 0 amide bonds. The molecule has 0 heterocycles. The molecule has 0 radical (unpaired) electrons. The van der Waals surface area contributed by atoms with E-state index in [0.717, 1.165) is 18.6 Å². The summed E-state index contributed by atoms with van der Waals surface area (Å²) in [5.74, 6) is 1.02. The second-order valence-corrected chi connectivity index (χ2v) is 6.28. The zero-order valence-electron chi connectivity index (χ0n) is 11.0. The first kappa shape index (κ1) is 12.3. The largest absolute Gasteiger partial charge is 0.490 e. The molecule has 0 N–H and O–H groups in total. The van der Waals surface area contributed by atoms with Gasteiger partial charge in [-0.2, -0.15) is 0 Å². The molecule has 2 heteroatoms. The maximum Gasteiger partial charge on any atom is 0.120 e. The number of halogens is 1. The van der Waals surface area contributed by atoms with Crippen molar-refractivity contribution in [1.82, 2.24) is 0 Å². The summed E-state index contributed by atoms with van der Waals surface area (Å²) in [7, 11) is 0. The number of hydrogen-bond acceptors (Lipinski definition) is 1. The third-order valence-corrected chi connectivity index (χ3v) is 5.42. The van der Waals surface area contributed by atoms with Crippen molar-refractivity contribution in [3.05, 3.63) is 29.8 Å². The molecule has 0 saturated heterocycles. The molecular formula is C16H21ClO. The molecular weight excluding hydrogens is 244 g/mol. The Labute approximate surface area is 114 Å². The Balaban J connectivity index is 1.73. The molecule has 98 valence electrons. The van der Waals surface area contributed by atoms with Crippen LogP contribution in [-0.2, 0) is 6.42 Å². The van der Waals surface area contributed by atoms with Gasteiger partial charge in [0.1, 0.15) is 11.9 Å². The molecule has 0 aromatic heterocycles. The molecule has 2 unspecified atom stereocenters. The van der Waals surface area contributed by atoms with E-state index in [0.29, 0.717) is 11.5 Å². The van der Waals surface area contributed by atoms with Gasteiger partial charge in [-0.15, -0.1) is 11.6 Å². The van der Waals surface area contributed by atoms with Crippen LogP contribution in [0, 0.1) is 5.41 Å². The molecule has 2 fully saturated rings. The van der Waals surface area contributed by atoms with Crippen molar-refractivity contribution in [1.29, 1.82) is 0 Å². The minimum Gasteiger partial charge on any atom is -0.490 e. The van der Waals surface area contributed by atoms with E-state index in [1.807, 2.05) is 0 Å². The Morgan fingerprint density at radius 3 is 2.78 bits per heavy atom. The number of benzene rings is 1. The van der Waals surface area contributed by atoms with Crippen LogP contribution in [0.25, 0.3) is 0 Å². The summed E-state index contributed by atoms with van der Waals surface area (Å²) in [5, 5.41) is 0.333. The summed E-state index contributed by atoms with van der Waals surface area (Å²) in [4.78, 5) is 0. The van der Waals surface area contributed by atoms with Crippen molar-refractivity contribution in [2.45, 2.75) is 56.9 Å². The topological polar surface area (TPSA) is 9.23 Å². The molecule has 1 spiro atoms. The predicted molar refractivity (Wildman–Crippen MR) is 75.4 cm³/mol. The minimum atomic E-state index is 0.282. The maximum atomic E-state index is 6.45. The predicted octanol–water partition coefficient (Wildman–Crippen LogP) is 4.57. The molecule has 2 atom stereocenters. The van der Waals surface area contributed by atoms with E-state index in [2.05, 4.69) is 31.2 Å². The third-order valence-electron chi connectivity index (χ3n) is 4.81. The molecule has 2 saturated carbocycles. The van der Waals surface area contributed by atoms with E-state index in [1.54, 1.807) is 0 Å². The minimum absolute atomic E-state index is 0.282. The molecule has 3 rings (SSSR count). The fourth-order valence-corrected chi connectivity index (χ4v) is 4.06. The molecule has 1 aromatic carbocycles. The fourth-order valence-electron chi connectivity index (χ4n) is 3.54. The van der Waals surface area contributed by atoms with Crippen LogP contribution < -0.4 is 4.74 Å². The summed E-state index contributed by atoms with van der Waals surface area (Å²) < 4.78 is 6.22. The highest BCUT2D eigenvalue weighted by Crippen LogP contribution is 2.57. The van der Waals surface area contributed by atoms with Gasteiger partial charge in [0.25, 0.3) is 0 Å². The van der Waals surface area contributed by atoms with Crippen molar-refractivity contribution in [2.24, 2.45) is 5.41 Å². The standard InChI is InChI=1S/C16H21ClO/c1-2-12-6-5-7-13(10-12)18-15-11-14(17)16(15)8-3-4-9-16/h5-7,10,14-15H,2-4,8-9,11H2,1H3. The summed E-state index contributed by atoms with van der Waals surface area (Å²) >= 11 is 6.45. The van der Waals surface area contributed by atoms with E-state index in [4.69, 9.17) is 16.3 Å². The van der Waals surface area contributed by atoms with Crippen LogP contribution in [0.15, 0.2) is 24.3 Å². The highest BCUT2D eigenvalue weighted by atomic mass is 35.5. The molecule has 0 bridgehead atoms. The summed E-state index contributed by atoms with van der Waals surface area (Å²) in [5.41, 5.74) is 1.62. The van der Waals surface area contributed by atoms with Crippen molar-refractivity contribution in [2.75, 3.05) is 0 Å². The van der Waals surface area contributed by atoms with Crippen LogP contribution in [0.3, 0.4) is 0 Å². The second-order valence-electron chi connectivity index (χ2n) is 5.75. The van der Waals surface area contributed by atoms with Gasteiger partial charge in [-0.25, -0.2) is 0 Å². The quantitative estimate of drug-likeness (QED) is 0.727. The van der Waals surface area contributed by atoms with Gasteiger partial charge < -0.3 is 4.74 Å². The summed E-state index contributed by atoms with van der Waals surface area (Å²) in [6.07, 6.45) is 7.55. The molecule has 1 nitrogen and oxygen atoms in total. The Morgan fingerprint density at radius 2 is 2.11 bits per heavy atom. The second kappa shape index (κ2) is 4.77. The zero-order valence-corrected chi connectivity index (χ0v) is 11.7. The number of rotatable bonds is 3. The SMILES string of the molecule is CCc1cccc(OC2CC(Cl)C23CCCC3)c1. The van der Waals surface area contributed by atoms with Crippen molar-refractivity contribution < 1.29 is 4.74 Å². The molecule has 18 heavy (non-hydrogen) atoms. The number of aryl methyl sites for hydroxylation is 1. The first-order chi connectivity index (χ1) is 8.74. The lowest BCUT2D eigenvalue weighted by Gasteiger charge is -2.51. The van der Waals surface area contributed by atoms with Gasteiger partial charge in [-0.3, -0.25) is 0 Å². The number of ether oxygens (including phenoxy) is 1. The Bertz CT molecular complexity index is 423. The van der Waals surface area contributed by atoms with Gasteiger partial charge in [0.15, 0.2) is 0 Å². The van der Waals surface area contributed by atoms with Crippen LogP contribution in [0.2, 0.25) is 0 Å². The van der Waals surface area contributed by atoms with Crippen LogP contribution >= 0.6 is 11.6 Å². The summed E-state index contributed by atoms with van der Waals surface area (Å²) in [6, 6.07) is 8.49. The lowest BCUT2D eigenvalue weighted by molar-refractivity contribution is -0.0355. The van der Waals surface area contributed by atoms with Gasteiger partial charge in [0, 0.05) is 17.2 Å². The Hall–Kier alpha value is -0.690. The maximum absolute atomic E-state index is 6.45. The number of alkyl halides is 1. The lowest BCUT2D eigenvalue weighted by Crippen LogP contribution is -2.55. The highest BCUT2D eigenvalue weighted by molar-refractivity contribution is 6.21. The average Bonchev–Trinajstić information content (AvgIpc) is 2.91. The van der Waals surface area contributed by atoms with E-state index >= 15 is 0 Å². The van der Waals surface area contributed by atoms with Gasteiger partial charge in [-0.1, -0.05) is 31.9 Å². The van der Waals surface area contributed by atoms with E-state index in [1.165, 1.54) is 31.2 Å². The van der Waals surface area contributed by atoms with Crippen LogP contribution in [-0.4, -0.2) is 11.5 Å². The van der Waals surface area contributed by atoms with Gasteiger partial charge in [-0.05, 0) is 37.0 Å². The Morgan fingerprint density at radius 1 is 1.33 bits per heavy atom. The van der Waals surface area contributed by atoms with Gasteiger partial charge in [0.2, 0.25) is 0 Å². The van der Waals surface area contributed by atoms with Crippen LogP contribution in [0.1, 0.15) is 44.6 Å². The van der Waals surface area contributed by atoms with E-state index in [9.17, 15) is 0 Å². The van der Waals surface area contributed by atoms with E-state index in [-0.39, 0.29) is 5.41 Å². The third kappa shape index (κ3) is 1.93. The van der Waals surface area contributed by atoms with Gasteiger partial charge in [0.05, 0.1) is 0 Å². The van der Waals surface area contributed by atoms with E-state index < -0.39 is 0 Å². The first-order valence-electron chi connectivity index (χ1n) is 7.14. The molecule has 2 aliphatic rings. The van der Waals surface area contributed by atoms with Crippen LogP contribution in [0.4, 0.5) is 0 Å². The van der Waals surface area contributed by atoms with Gasteiger partial charge >= 0.3 is 0 Å². The normalized spacial score (nSPS) is 29.2. The highest BCUT2D eigenvalue weighted by Gasteiger charge is 2.56. The molecule has 0 aliphatic heterocycles. The average molecular weight is 265 g/mol. The van der Waals surface area contributed by atoms with Crippen LogP contribution in [0.5, 0.6) is 5.75 Å². The Kier molecular flexibility index (Phi) is 3.27. The number of hydrogen-bond donors (Lipinski definition) is 0. The lowest BCUT2D eigenvalue weighted by atomic mass is 9.64. The van der Waals surface area contributed by atoms with Crippen molar-refractivity contribution >= 4 is 11.6 Å². The van der Waals surface area contributed by atoms with Crippen molar-refractivity contribution in [3.8, 4) is 5.75 Å². The first-order valence-corrected chi connectivity index (χ1v) is 7.58. The molecule has 1 aromatic rings. The zero-order chi connectivity index (χ0) is 12.6. The molecule has 2 aliphatic carbocycles. The monoisotopic (exact) mass is 264 g/mol. The fraction of sp³-hybridized carbons (Fsp3) is 0.625. The summed E-state index contributed by atoms with van der Waals surface area (Å²) in [6.45, 7) is 2.18.